The summed E-state index contributed by atoms with van der Waals surface area (Å²) in [5, 5.41) is 0. The van der Waals surface area contributed by atoms with Gasteiger partial charge in [0.05, 0.1) is 0 Å². The standard InChI is InChI=1S/C7H12.C2H6.CH4/c1-6-3-4-7(2)5-6;1-2;/h5-6H,3-4H2,1-2H3;1-2H3;1H4. The Balaban J connectivity index is 0. The topological polar surface area (TPSA) is 0 Å². The van der Waals surface area contributed by atoms with Crippen molar-refractivity contribution in [1.29, 1.82) is 0 Å². The summed E-state index contributed by atoms with van der Waals surface area (Å²) in [4.78, 5) is 0. The van der Waals surface area contributed by atoms with Crippen molar-refractivity contribution in [3.05, 3.63) is 11.6 Å². The first-order valence-corrected chi connectivity index (χ1v) is 3.96. The third-order valence-corrected chi connectivity index (χ3v) is 1.56. The third-order valence-electron chi connectivity index (χ3n) is 1.56. The molecule has 0 bridgehead atoms. The molecule has 0 spiro atoms. The van der Waals surface area contributed by atoms with Crippen LogP contribution in [0.1, 0.15) is 48.0 Å². The lowest BCUT2D eigenvalue weighted by Crippen LogP contribution is -1.76. The fraction of sp³-hybridized carbons (Fsp3) is 0.800. The summed E-state index contributed by atoms with van der Waals surface area (Å²) in [6.07, 6.45) is 5.08. The Kier molecular flexibility index (Phi) is 8.51. The normalized spacial score (nSPS) is 22.0. The second-order valence-corrected chi connectivity index (χ2v) is 2.53. The molecule has 0 saturated heterocycles. The molecule has 1 rings (SSSR count). The van der Waals surface area contributed by atoms with Crippen LogP contribution in [0.3, 0.4) is 0 Å². The summed E-state index contributed by atoms with van der Waals surface area (Å²) < 4.78 is 0. The van der Waals surface area contributed by atoms with Crippen molar-refractivity contribution < 1.29 is 0 Å². The minimum atomic E-state index is 0. The van der Waals surface area contributed by atoms with Crippen LogP contribution in [-0.4, -0.2) is 0 Å². The Bertz CT molecular complexity index is 90.2. The quantitative estimate of drug-likeness (QED) is 0.448. The lowest BCUT2D eigenvalue weighted by Gasteiger charge is -1.89. The number of allylic oxidation sites excluding steroid dienone is 2. The fourth-order valence-electron chi connectivity index (χ4n) is 1.11. The molecular formula is C10H22. The maximum absolute atomic E-state index is 2.36. The summed E-state index contributed by atoms with van der Waals surface area (Å²) >= 11 is 0. The molecule has 0 fully saturated rings. The lowest BCUT2D eigenvalue weighted by molar-refractivity contribution is 0.698. The molecule has 0 amide bonds. The first kappa shape index (κ1) is 12.4. The van der Waals surface area contributed by atoms with E-state index in [0.29, 0.717) is 0 Å². The highest BCUT2D eigenvalue weighted by Crippen LogP contribution is 2.21. The van der Waals surface area contributed by atoms with E-state index in [0.717, 1.165) is 5.92 Å². The molecular weight excluding hydrogens is 120 g/mol. The molecule has 1 unspecified atom stereocenters. The predicted octanol–water partition coefficient (Wildman–Crippen LogP) is 4.02. The fourth-order valence-corrected chi connectivity index (χ4v) is 1.11. The molecule has 62 valence electrons. The number of hydrogen-bond donors (Lipinski definition) is 0. The van der Waals surface area contributed by atoms with Crippen molar-refractivity contribution in [2.45, 2.75) is 48.0 Å². The summed E-state index contributed by atoms with van der Waals surface area (Å²) in [6, 6.07) is 0. The molecule has 0 aromatic heterocycles. The highest BCUT2D eigenvalue weighted by Gasteiger charge is 2.05. The monoisotopic (exact) mass is 142 g/mol. The van der Waals surface area contributed by atoms with Crippen LogP contribution in [0.4, 0.5) is 0 Å². The van der Waals surface area contributed by atoms with Crippen LogP contribution in [0.25, 0.3) is 0 Å². The molecule has 1 aliphatic carbocycles. The van der Waals surface area contributed by atoms with Crippen LogP contribution >= 0.6 is 0 Å². The minimum Gasteiger partial charge on any atom is -0.0828 e. The van der Waals surface area contributed by atoms with E-state index >= 15 is 0 Å². The van der Waals surface area contributed by atoms with Crippen molar-refractivity contribution >= 4 is 0 Å². The van der Waals surface area contributed by atoms with E-state index in [9.17, 15) is 0 Å². The van der Waals surface area contributed by atoms with Gasteiger partial charge in [-0.25, -0.2) is 0 Å². The Labute approximate surface area is 66.3 Å². The SMILES string of the molecule is C.CC.CC1=CC(C)CC1. The van der Waals surface area contributed by atoms with Crippen molar-refractivity contribution in [2.24, 2.45) is 5.92 Å². The zero-order valence-electron chi connectivity index (χ0n) is 7.07. The summed E-state index contributed by atoms with van der Waals surface area (Å²) in [5.41, 5.74) is 1.58. The van der Waals surface area contributed by atoms with E-state index in [1.807, 2.05) is 13.8 Å². The van der Waals surface area contributed by atoms with Crippen LogP contribution in [0.5, 0.6) is 0 Å². The molecule has 0 aromatic carbocycles. The number of rotatable bonds is 0. The zero-order valence-corrected chi connectivity index (χ0v) is 7.07. The second kappa shape index (κ2) is 6.85. The lowest BCUT2D eigenvalue weighted by atomic mass is 10.2. The summed E-state index contributed by atoms with van der Waals surface area (Å²) in [6.45, 7) is 8.49. The molecule has 1 atom stereocenters. The highest BCUT2D eigenvalue weighted by molar-refractivity contribution is 5.06. The Morgan fingerprint density at radius 1 is 1.40 bits per heavy atom. The average molecular weight is 142 g/mol. The van der Waals surface area contributed by atoms with Crippen LogP contribution in [0.2, 0.25) is 0 Å². The van der Waals surface area contributed by atoms with E-state index in [4.69, 9.17) is 0 Å². The molecule has 0 radical (unpaired) electrons. The van der Waals surface area contributed by atoms with Gasteiger partial charge in [0.25, 0.3) is 0 Å². The van der Waals surface area contributed by atoms with Crippen LogP contribution in [0.15, 0.2) is 11.6 Å². The van der Waals surface area contributed by atoms with Gasteiger partial charge in [-0.1, -0.05) is 39.8 Å². The highest BCUT2D eigenvalue weighted by atomic mass is 14.1. The van der Waals surface area contributed by atoms with Gasteiger partial charge in [0.1, 0.15) is 0 Å². The van der Waals surface area contributed by atoms with Gasteiger partial charge >= 0.3 is 0 Å². The summed E-state index contributed by atoms with van der Waals surface area (Å²) in [7, 11) is 0. The van der Waals surface area contributed by atoms with Gasteiger partial charge in [-0.05, 0) is 25.7 Å². The van der Waals surface area contributed by atoms with Crippen LogP contribution in [0, 0.1) is 5.92 Å². The predicted molar refractivity (Wildman–Crippen MR) is 50.2 cm³/mol. The Morgan fingerprint density at radius 2 is 1.90 bits per heavy atom. The van der Waals surface area contributed by atoms with Crippen molar-refractivity contribution in [3.63, 3.8) is 0 Å². The molecule has 0 heteroatoms. The Morgan fingerprint density at radius 3 is 2.00 bits per heavy atom. The Hall–Kier alpha value is -0.260. The van der Waals surface area contributed by atoms with E-state index < -0.39 is 0 Å². The molecule has 0 saturated carbocycles. The summed E-state index contributed by atoms with van der Waals surface area (Å²) in [5.74, 6) is 0.861. The smallest absolute Gasteiger partial charge is 0.0256 e. The van der Waals surface area contributed by atoms with Gasteiger partial charge in [-0.2, -0.15) is 0 Å². The van der Waals surface area contributed by atoms with Crippen molar-refractivity contribution in [2.75, 3.05) is 0 Å². The molecule has 1 aliphatic rings. The minimum absolute atomic E-state index is 0. The van der Waals surface area contributed by atoms with E-state index in [2.05, 4.69) is 19.9 Å². The maximum Gasteiger partial charge on any atom is -0.0256 e. The van der Waals surface area contributed by atoms with Gasteiger partial charge in [0, 0.05) is 0 Å². The molecule has 0 N–H and O–H groups in total. The second-order valence-electron chi connectivity index (χ2n) is 2.53. The van der Waals surface area contributed by atoms with Gasteiger partial charge in [-0.3, -0.25) is 0 Å². The maximum atomic E-state index is 2.36. The molecule has 0 heterocycles. The molecule has 10 heavy (non-hydrogen) atoms. The number of hydrogen-bond acceptors (Lipinski definition) is 0. The molecule has 0 nitrogen and oxygen atoms in total. The van der Waals surface area contributed by atoms with Crippen molar-refractivity contribution in [3.8, 4) is 0 Å². The third kappa shape index (κ3) is 4.60. The van der Waals surface area contributed by atoms with Gasteiger partial charge in [0.2, 0.25) is 0 Å². The van der Waals surface area contributed by atoms with Crippen molar-refractivity contribution in [1.82, 2.24) is 0 Å². The van der Waals surface area contributed by atoms with E-state index in [-0.39, 0.29) is 7.43 Å². The average Bonchev–Trinajstić information content (AvgIpc) is 2.20. The van der Waals surface area contributed by atoms with E-state index in [1.165, 1.54) is 12.8 Å². The van der Waals surface area contributed by atoms with E-state index in [1.54, 1.807) is 5.57 Å². The molecule has 0 aromatic rings. The first-order chi connectivity index (χ1) is 4.29. The molecule has 0 aliphatic heterocycles. The zero-order chi connectivity index (χ0) is 7.28. The largest absolute Gasteiger partial charge is 0.0828 e. The van der Waals surface area contributed by atoms with Crippen LogP contribution < -0.4 is 0 Å². The first-order valence-electron chi connectivity index (χ1n) is 3.96. The van der Waals surface area contributed by atoms with Gasteiger partial charge in [-0.15, -0.1) is 0 Å². The van der Waals surface area contributed by atoms with Gasteiger partial charge in [0.15, 0.2) is 0 Å². The van der Waals surface area contributed by atoms with Crippen LogP contribution in [-0.2, 0) is 0 Å². The van der Waals surface area contributed by atoms with Gasteiger partial charge < -0.3 is 0 Å².